The molecule has 0 spiro atoms. The lowest BCUT2D eigenvalue weighted by Gasteiger charge is -2.24. The van der Waals surface area contributed by atoms with Gasteiger partial charge in [0.1, 0.15) is 6.61 Å². The van der Waals surface area contributed by atoms with E-state index in [1.807, 2.05) is 48.3 Å². The summed E-state index contributed by atoms with van der Waals surface area (Å²) in [5.41, 5.74) is 3.30. The number of aryl methyl sites for hydroxylation is 1. The second-order valence-electron chi connectivity index (χ2n) is 7.52. The third kappa shape index (κ3) is 10.1. The third-order valence-electron chi connectivity index (χ3n) is 4.57. The number of nitrogens with zero attached hydrogens (tertiary/aromatic N) is 1. The fourth-order valence-electron chi connectivity index (χ4n) is 3.17. The number of hydrogen-bond donors (Lipinski definition) is 2. The van der Waals surface area contributed by atoms with Gasteiger partial charge in [-0.05, 0) is 32.0 Å². The van der Waals surface area contributed by atoms with Crippen LogP contribution in [0.2, 0.25) is 0 Å². The summed E-state index contributed by atoms with van der Waals surface area (Å²) >= 11 is 0. The summed E-state index contributed by atoms with van der Waals surface area (Å²) in [5, 5.41) is 6.28. The maximum atomic E-state index is 12.3. The number of rotatable bonds is 12. The largest absolute Gasteiger partial charge is 0.465 e. The van der Waals surface area contributed by atoms with Crippen LogP contribution in [0, 0.1) is 6.92 Å². The predicted octanol–water partition coefficient (Wildman–Crippen LogP) is 2.87. The smallest absolute Gasteiger partial charge is 0.407 e. The molecule has 7 nitrogen and oxygen atoms in total. The topological polar surface area (TPSA) is 79.9 Å². The number of amides is 1. The van der Waals surface area contributed by atoms with Crippen molar-refractivity contribution in [1.29, 1.82) is 0 Å². The summed E-state index contributed by atoms with van der Waals surface area (Å²) in [5.74, 6) is -0.289. The quantitative estimate of drug-likeness (QED) is 0.507. The highest BCUT2D eigenvalue weighted by Crippen LogP contribution is 2.04. The average Bonchev–Trinajstić information content (AvgIpc) is 2.73. The van der Waals surface area contributed by atoms with Crippen LogP contribution in [0.25, 0.3) is 0 Å². The second-order valence-corrected chi connectivity index (χ2v) is 7.52. The monoisotopic (exact) mass is 427 g/mol. The standard InChI is InChI=1S/C24H33N3O4/c1-4-30-23(28)17-27(3)16-22(15-25-14-21-12-8-9-19(2)13-21)26-24(29)31-18-20-10-6-5-7-11-20/h5-13,22,25H,4,14-18H2,1-3H3,(H,26,29)/t22-/m0/s1. The van der Waals surface area contributed by atoms with E-state index in [4.69, 9.17) is 9.47 Å². The molecule has 1 amide bonds. The van der Waals surface area contributed by atoms with Crippen molar-refractivity contribution < 1.29 is 19.1 Å². The maximum absolute atomic E-state index is 12.3. The van der Waals surface area contributed by atoms with E-state index >= 15 is 0 Å². The molecular formula is C24H33N3O4. The molecule has 168 valence electrons. The van der Waals surface area contributed by atoms with Gasteiger partial charge in [0.05, 0.1) is 19.2 Å². The van der Waals surface area contributed by atoms with Gasteiger partial charge in [0.2, 0.25) is 0 Å². The normalized spacial score (nSPS) is 11.7. The van der Waals surface area contributed by atoms with Gasteiger partial charge in [0, 0.05) is 19.6 Å². The first-order chi connectivity index (χ1) is 15.0. The van der Waals surface area contributed by atoms with Gasteiger partial charge in [0.15, 0.2) is 0 Å². The molecule has 2 aromatic carbocycles. The molecule has 0 heterocycles. The van der Waals surface area contributed by atoms with E-state index < -0.39 is 6.09 Å². The molecule has 0 aliphatic carbocycles. The third-order valence-corrected chi connectivity index (χ3v) is 4.57. The van der Waals surface area contributed by atoms with E-state index in [2.05, 4.69) is 35.8 Å². The van der Waals surface area contributed by atoms with Crippen LogP contribution in [0.1, 0.15) is 23.6 Å². The molecule has 7 heteroatoms. The molecule has 31 heavy (non-hydrogen) atoms. The van der Waals surface area contributed by atoms with Crippen LogP contribution in [0.15, 0.2) is 54.6 Å². The van der Waals surface area contributed by atoms with Crippen LogP contribution in [0.4, 0.5) is 4.79 Å². The summed E-state index contributed by atoms with van der Waals surface area (Å²) < 4.78 is 10.4. The number of carbonyl (C=O) groups is 2. The van der Waals surface area contributed by atoms with Crippen molar-refractivity contribution in [2.75, 3.05) is 33.3 Å². The molecule has 0 aromatic heterocycles. The first-order valence-corrected chi connectivity index (χ1v) is 10.5. The number of hydrogen-bond acceptors (Lipinski definition) is 6. The second kappa shape index (κ2) is 13.4. The summed E-state index contributed by atoms with van der Waals surface area (Å²) in [4.78, 5) is 25.9. The molecule has 2 rings (SSSR count). The van der Waals surface area contributed by atoms with Gasteiger partial charge in [-0.25, -0.2) is 4.79 Å². The van der Waals surface area contributed by atoms with Crippen LogP contribution < -0.4 is 10.6 Å². The van der Waals surface area contributed by atoms with E-state index in [1.165, 1.54) is 11.1 Å². The Kier molecular flexibility index (Phi) is 10.5. The molecule has 1 atom stereocenters. The highest BCUT2D eigenvalue weighted by molar-refractivity contribution is 5.71. The van der Waals surface area contributed by atoms with Gasteiger partial charge < -0.3 is 20.1 Å². The summed E-state index contributed by atoms with van der Waals surface area (Å²) in [7, 11) is 1.82. The Labute approximate surface area is 184 Å². The van der Waals surface area contributed by atoms with Crippen LogP contribution in [-0.2, 0) is 27.4 Å². The van der Waals surface area contributed by atoms with Crippen molar-refractivity contribution in [3.8, 4) is 0 Å². The van der Waals surface area contributed by atoms with Crippen molar-refractivity contribution in [1.82, 2.24) is 15.5 Å². The van der Waals surface area contributed by atoms with Crippen LogP contribution >= 0.6 is 0 Å². The van der Waals surface area contributed by atoms with E-state index in [1.54, 1.807) is 6.92 Å². The van der Waals surface area contributed by atoms with Gasteiger partial charge in [0.25, 0.3) is 0 Å². The first kappa shape index (κ1) is 24.4. The average molecular weight is 428 g/mol. The lowest BCUT2D eigenvalue weighted by Crippen LogP contribution is -2.49. The van der Waals surface area contributed by atoms with E-state index in [9.17, 15) is 9.59 Å². The fourth-order valence-corrected chi connectivity index (χ4v) is 3.17. The highest BCUT2D eigenvalue weighted by atomic mass is 16.5. The molecule has 0 aliphatic heterocycles. The molecule has 0 radical (unpaired) electrons. The summed E-state index contributed by atoms with van der Waals surface area (Å²) in [6, 6.07) is 17.5. The Morgan fingerprint density at radius 1 is 1.03 bits per heavy atom. The maximum Gasteiger partial charge on any atom is 0.407 e. The Morgan fingerprint density at radius 3 is 2.48 bits per heavy atom. The number of esters is 1. The van der Waals surface area contributed by atoms with Gasteiger partial charge >= 0.3 is 12.1 Å². The number of benzene rings is 2. The molecule has 0 fully saturated rings. The molecule has 2 N–H and O–H groups in total. The van der Waals surface area contributed by atoms with Crippen molar-refractivity contribution in [2.24, 2.45) is 0 Å². The number of ether oxygens (including phenoxy) is 2. The Morgan fingerprint density at radius 2 is 1.77 bits per heavy atom. The minimum Gasteiger partial charge on any atom is -0.465 e. The number of likely N-dealkylation sites (N-methyl/N-ethyl adjacent to an activating group) is 1. The van der Waals surface area contributed by atoms with E-state index in [0.29, 0.717) is 26.2 Å². The molecular weight excluding hydrogens is 394 g/mol. The number of alkyl carbamates (subject to hydrolysis) is 1. The number of nitrogens with one attached hydrogen (secondary N) is 2. The van der Waals surface area contributed by atoms with Crippen LogP contribution in [0.5, 0.6) is 0 Å². The molecule has 0 saturated heterocycles. The van der Waals surface area contributed by atoms with Crippen molar-refractivity contribution in [3.05, 3.63) is 71.3 Å². The van der Waals surface area contributed by atoms with Crippen molar-refractivity contribution >= 4 is 12.1 Å². The number of carbonyl (C=O) groups excluding carboxylic acids is 2. The first-order valence-electron chi connectivity index (χ1n) is 10.5. The molecule has 0 saturated carbocycles. The highest BCUT2D eigenvalue weighted by Gasteiger charge is 2.17. The minimum absolute atomic E-state index is 0.156. The Balaban J connectivity index is 1.88. The van der Waals surface area contributed by atoms with Crippen molar-refractivity contribution in [3.63, 3.8) is 0 Å². The summed E-state index contributed by atoms with van der Waals surface area (Å²) in [6.07, 6.45) is -0.490. The molecule has 0 unspecified atom stereocenters. The SMILES string of the molecule is CCOC(=O)CN(C)C[C@H](CNCc1cccc(C)c1)NC(=O)OCc1ccccc1. The van der Waals surface area contributed by atoms with Gasteiger partial charge in [-0.15, -0.1) is 0 Å². The lowest BCUT2D eigenvalue weighted by atomic mass is 10.1. The molecule has 2 aromatic rings. The predicted molar refractivity (Wildman–Crippen MR) is 121 cm³/mol. The molecule has 0 aliphatic rings. The summed E-state index contributed by atoms with van der Waals surface area (Å²) in [6.45, 7) is 6.22. The minimum atomic E-state index is -0.490. The van der Waals surface area contributed by atoms with Crippen LogP contribution in [-0.4, -0.2) is 56.3 Å². The zero-order valence-corrected chi connectivity index (χ0v) is 18.6. The molecule has 0 bridgehead atoms. The zero-order valence-electron chi connectivity index (χ0n) is 18.6. The Bertz CT molecular complexity index is 813. The van der Waals surface area contributed by atoms with Gasteiger partial charge in [-0.3, -0.25) is 9.69 Å². The van der Waals surface area contributed by atoms with E-state index in [0.717, 1.165) is 5.56 Å². The van der Waals surface area contributed by atoms with Gasteiger partial charge in [-0.2, -0.15) is 0 Å². The van der Waals surface area contributed by atoms with E-state index in [-0.39, 0.29) is 25.2 Å². The van der Waals surface area contributed by atoms with Crippen LogP contribution in [0.3, 0.4) is 0 Å². The lowest BCUT2D eigenvalue weighted by molar-refractivity contribution is -0.144. The van der Waals surface area contributed by atoms with Gasteiger partial charge in [-0.1, -0.05) is 60.2 Å². The fraction of sp³-hybridized carbons (Fsp3) is 0.417. The van der Waals surface area contributed by atoms with Crippen molar-refractivity contribution in [2.45, 2.75) is 33.0 Å². The zero-order chi connectivity index (χ0) is 22.5. The Hall–Kier alpha value is -2.90.